The molecule has 0 saturated carbocycles. The summed E-state index contributed by atoms with van der Waals surface area (Å²) >= 11 is 6.23. The number of ether oxygens (including phenoxy) is 2. The standard InChI is InChI=1S/C21H20ClN3O3/c22-16-8-2-1-6-14(16)12-23-20-19(21(26)28-13-15-7-5-11-27-15)24-17-9-3-4-10-18(17)25-20/h1-4,6,8-10,15H,5,7,11-13H2,(H,23,25)/t15-/m0/s1. The first kappa shape index (κ1) is 18.7. The molecule has 1 aliphatic rings. The van der Waals surface area contributed by atoms with Crippen LogP contribution in [0.25, 0.3) is 11.0 Å². The van der Waals surface area contributed by atoms with Gasteiger partial charge in [-0.15, -0.1) is 0 Å². The smallest absolute Gasteiger partial charge is 0.360 e. The fourth-order valence-electron chi connectivity index (χ4n) is 3.10. The molecule has 1 N–H and O–H groups in total. The van der Waals surface area contributed by atoms with E-state index < -0.39 is 5.97 Å². The molecular formula is C21H20ClN3O3. The highest BCUT2D eigenvalue weighted by atomic mass is 35.5. The molecule has 0 amide bonds. The summed E-state index contributed by atoms with van der Waals surface area (Å²) in [4.78, 5) is 21.8. The Morgan fingerprint density at radius 1 is 1.14 bits per heavy atom. The van der Waals surface area contributed by atoms with Crippen molar-refractivity contribution in [2.24, 2.45) is 0 Å². The summed E-state index contributed by atoms with van der Waals surface area (Å²) in [5, 5.41) is 3.83. The third-order valence-electron chi connectivity index (χ3n) is 4.59. The van der Waals surface area contributed by atoms with Crippen molar-refractivity contribution in [3.63, 3.8) is 0 Å². The van der Waals surface area contributed by atoms with Gasteiger partial charge in [-0.2, -0.15) is 0 Å². The number of hydrogen-bond donors (Lipinski definition) is 1. The van der Waals surface area contributed by atoms with Gasteiger partial charge < -0.3 is 14.8 Å². The first-order valence-corrected chi connectivity index (χ1v) is 9.61. The number of esters is 1. The molecule has 2 heterocycles. The van der Waals surface area contributed by atoms with Crippen LogP contribution in [-0.4, -0.2) is 35.3 Å². The molecule has 0 unspecified atom stereocenters. The van der Waals surface area contributed by atoms with E-state index in [1.54, 1.807) is 0 Å². The second kappa shape index (κ2) is 8.54. The predicted molar refractivity (Wildman–Crippen MR) is 108 cm³/mol. The molecule has 4 rings (SSSR count). The Balaban J connectivity index is 1.58. The normalized spacial score (nSPS) is 16.2. The number of aromatic nitrogens is 2. The van der Waals surface area contributed by atoms with Gasteiger partial charge in [0.25, 0.3) is 0 Å². The quantitative estimate of drug-likeness (QED) is 0.627. The molecule has 3 aromatic rings. The van der Waals surface area contributed by atoms with E-state index in [0.717, 1.165) is 18.4 Å². The van der Waals surface area contributed by atoms with Crippen LogP contribution in [0.4, 0.5) is 5.82 Å². The van der Waals surface area contributed by atoms with Gasteiger partial charge in [-0.3, -0.25) is 0 Å². The van der Waals surface area contributed by atoms with Crippen LogP contribution in [0.3, 0.4) is 0 Å². The Morgan fingerprint density at radius 2 is 1.89 bits per heavy atom. The number of benzene rings is 2. The second-order valence-corrected chi connectivity index (χ2v) is 7.00. The van der Waals surface area contributed by atoms with Gasteiger partial charge in [0.1, 0.15) is 6.61 Å². The summed E-state index contributed by atoms with van der Waals surface area (Å²) in [5.41, 5.74) is 2.39. The lowest BCUT2D eigenvalue weighted by Gasteiger charge is -2.14. The Bertz CT molecular complexity index is 990. The first-order chi connectivity index (χ1) is 13.7. The maximum absolute atomic E-state index is 12.7. The van der Waals surface area contributed by atoms with Crippen molar-refractivity contribution in [1.82, 2.24) is 9.97 Å². The Hall–Kier alpha value is -2.70. The number of halogens is 1. The molecular weight excluding hydrogens is 378 g/mol. The zero-order valence-corrected chi connectivity index (χ0v) is 16.0. The molecule has 28 heavy (non-hydrogen) atoms. The van der Waals surface area contributed by atoms with E-state index in [0.29, 0.717) is 35.0 Å². The number of nitrogens with one attached hydrogen (secondary N) is 1. The molecule has 0 spiro atoms. The molecule has 1 aromatic heterocycles. The summed E-state index contributed by atoms with van der Waals surface area (Å²) in [6.07, 6.45) is 1.84. The minimum absolute atomic E-state index is 0.0445. The van der Waals surface area contributed by atoms with Crippen molar-refractivity contribution in [3.8, 4) is 0 Å². The molecule has 1 saturated heterocycles. The second-order valence-electron chi connectivity index (χ2n) is 6.59. The van der Waals surface area contributed by atoms with E-state index >= 15 is 0 Å². The number of rotatable bonds is 6. The van der Waals surface area contributed by atoms with Gasteiger partial charge in [0.2, 0.25) is 0 Å². The van der Waals surface area contributed by atoms with Crippen LogP contribution in [0.15, 0.2) is 48.5 Å². The van der Waals surface area contributed by atoms with Crippen LogP contribution >= 0.6 is 11.6 Å². The lowest BCUT2D eigenvalue weighted by atomic mass is 10.2. The maximum Gasteiger partial charge on any atom is 0.360 e. The van der Waals surface area contributed by atoms with Gasteiger partial charge in [-0.05, 0) is 36.6 Å². The van der Waals surface area contributed by atoms with E-state index in [9.17, 15) is 4.79 Å². The summed E-state index contributed by atoms with van der Waals surface area (Å²) in [5.74, 6) is -0.147. The van der Waals surface area contributed by atoms with E-state index in [1.807, 2.05) is 48.5 Å². The predicted octanol–water partition coefficient (Wildman–Crippen LogP) is 4.23. The van der Waals surface area contributed by atoms with Crippen molar-refractivity contribution in [1.29, 1.82) is 0 Å². The fourth-order valence-corrected chi connectivity index (χ4v) is 3.30. The number of nitrogens with zero attached hydrogens (tertiary/aromatic N) is 2. The molecule has 144 valence electrons. The van der Waals surface area contributed by atoms with Gasteiger partial charge in [-0.1, -0.05) is 41.9 Å². The average Bonchev–Trinajstić information content (AvgIpc) is 3.24. The van der Waals surface area contributed by atoms with Gasteiger partial charge in [0.15, 0.2) is 11.5 Å². The van der Waals surface area contributed by atoms with Crippen LogP contribution in [0.5, 0.6) is 0 Å². The highest BCUT2D eigenvalue weighted by molar-refractivity contribution is 6.31. The van der Waals surface area contributed by atoms with E-state index in [-0.39, 0.29) is 18.4 Å². The minimum Gasteiger partial charge on any atom is -0.458 e. The van der Waals surface area contributed by atoms with Crippen LogP contribution in [0.2, 0.25) is 5.02 Å². The van der Waals surface area contributed by atoms with Crippen LogP contribution in [-0.2, 0) is 16.0 Å². The largest absolute Gasteiger partial charge is 0.458 e. The molecule has 0 radical (unpaired) electrons. The third-order valence-corrected chi connectivity index (χ3v) is 4.96. The Morgan fingerprint density at radius 3 is 2.64 bits per heavy atom. The summed E-state index contributed by atoms with van der Waals surface area (Å²) < 4.78 is 11.0. The lowest BCUT2D eigenvalue weighted by Crippen LogP contribution is -2.20. The molecule has 1 atom stereocenters. The summed E-state index contributed by atoms with van der Waals surface area (Å²) in [7, 11) is 0. The maximum atomic E-state index is 12.7. The number of hydrogen-bond acceptors (Lipinski definition) is 6. The lowest BCUT2D eigenvalue weighted by molar-refractivity contribution is 0.0157. The van der Waals surface area contributed by atoms with E-state index in [2.05, 4.69) is 15.3 Å². The van der Waals surface area contributed by atoms with Gasteiger partial charge in [0, 0.05) is 18.2 Å². The number of carbonyl (C=O) groups is 1. The molecule has 0 bridgehead atoms. The van der Waals surface area contributed by atoms with Crippen LogP contribution in [0, 0.1) is 0 Å². The minimum atomic E-state index is -0.518. The van der Waals surface area contributed by atoms with Crippen molar-refractivity contribution in [2.75, 3.05) is 18.5 Å². The summed E-state index contributed by atoms with van der Waals surface area (Å²) in [6.45, 7) is 1.35. The highest BCUT2D eigenvalue weighted by Crippen LogP contribution is 2.21. The van der Waals surface area contributed by atoms with Crippen molar-refractivity contribution in [3.05, 3.63) is 64.8 Å². The summed E-state index contributed by atoms with van der Waals surface area (Å²) in [6, 6.07) is 14.9. The molecule has 0 aliphatic carbocycles. The molecule has 2 aromatic carbocycles. The number of para-hydroxylation sites is 2. The SMILES string of the molecule is O=C(OC[C@@H]1CCCO1)c1nc2ccccc2nc1NCc1ccccc1Cl. The molecule has 6 nitrogen and oxygen atoms in total. The zero-order valence-electron chi connectivity index (χ0n) is 15.2. The molecule has 1 aliphatic heterocycles. The monoisotopic (exact) mass is 397 g/mol. The Labute approximate surface area is 167 Å². The van der Waals surface area contributed by atoms with Crippen LogP contribution in [0.1, 0.15) is 28.9 Å². The number of carbonyl (C=O) groups excluding carboxylic acids is 1. The van der Waals surface area contributed by atoms with Gasteiger partial charge in [-0.25, -0.2) is 14.8 Å². The van der Waals surface area contributed by atoms with Crippen LogP contribution < -0.4 is 5.32 Å². The Kier molecular flexibility index (Phi) is 5.69. The number of anilines is 1. The van der Waals surface area contributed by atoms with Crippen molar-refractivity contribution >= 4 is 34.4 Å². The zero-order chi connectivity index (χ0) is 19.3. The molecule has 7 heteroatoms. The third kappa shape index (κ3) is 4.24. The highest BCUT2D eigenvalue weighted by Gasteiger charge is 2.22. The van der Waals surface area contributed by atoms with Gasteiger partial charge in [0.05, 0.1) is 17.1 Å². The van der Waals surface area contributed by atoms with Crippen molar-refractivity contribution in [2.45, 2.75) is 25.5 Å². The van der Waals surface area contributed by atoms with Gasteiger partial charge >= 0.3 is 5.97 Å². The average molecular weight is 398 g/mol. The fraction of sp³-hybridized carbons (Fsp3) is 0.286. The van der Waals surface area contributed by atoms with E-state index in [1.165, 1.54) is 0 Å². The topological polar surface area (TPSA) is 73.3 Å². The van der Waals surface area contributed by atoms with Crippen molar-refractivity contribution < 1.29 is 14.3 Å². The first-order valence-electron chi connectivity index (χ1n) is 9.23. The molecule has 1 fully saturated rings. The van der Waals surface area contributed by atoms with E-state index in [4.69, 9.17) is 21.1 Å². The number of fused-ring (bicyclic) bond motifs is 1.